The van der Waals surface area contributed by atoms with E-state index in [1.807, 2.05) is 36.4 Å². The van der Waals surface area contributed by atoms with Gasteiger partial charge in [-0.1, -0.05) is 30.3 Å². The van der Waals surface area contributed by atoms with Crippen molar-refractivity contribution >= 4 is 23.2 Å². The first-order valence-electron chi connectivity index (χ1n) is 5.32. The monoisotopic (exact) mass is 261 g/mol. The third-order valence-corrected chi connectivity index (χ3v) is 3.42. The second-order valence-electron chi connectivity index (χ2n) is 3.61. The first kappa shape index (κ1) is 12.3. The van der Waals surface area contributed by atoms with Gasteiger partial charge in [-0.05, 0) is 17.7 Å². The number of hydrogen-bond acceptors (Lipinski definition) is 3. The van der Waals surface area contributed by atoms with Gasteiger partial charge in [0.2, 0.25) is 0 Å². The normalized spacial score (nSPS) is 10.0. The predicted molar refractivity (Wildman–Crippen MR) is 69.7 cm³/mol. The molecule has 0 saturated carbocycles. The number of carboxylic acid groups (broad SMARTS) is 1. The molecule has 1 aromatic carbocycles. The summed E-state index contributed by atoms with van der Waals surface area (Å²) in [6.45, 7) is -0.364. The van der Waals surface area contributed by atoms with Crippen molar-refractivity contribution in [1.29, 1.82) is 0 Å². The molecule has 92 valence electrons. The molecule has 0 saturated heterocycles. The highest BCUT2D eigenvalue weighted by Crippen LogP contribution is 2.27. The highest BCUT2D eigenvalue weighted by Gasteiger charge is 2.10. The highest BCUT2D eigenvalue weighted by atomic mass is 32.1. The van der Waals surface area contributed by atoms with Gasteiger partial charge >= 0.3 is 5.97 Å². The SMILES string of the molecule is O=C(O)CNC(=O)c1ccc(-c2ccccc2)s1. The summed E-state index contributed by atoms with van der Waals surface area (Å²) in [5.74, 6) is -1.41. The summed E-state index contributed by atoms with van der Waals surface area (Å²) in [6, 6.07) is 13.3. The highest BCUT2D eigenvalue weighted by molar-refractivity contribution is 7.17. The molecule has 0 atom stereocenters. The van der Waals surface area contributed by atoms with Gasteiger partial charge in [0.25, 0.3) is 5.91 Å². The fourth-order valence-electron chi connectivity index (χ4n) is 1.46. The number of carbonyl (C=O) groups excluding carboxylic acids is 1. The fourth-order valence-corrected chi connectivity index (χ4v) is 2.39. The number of carbonyl (C=O) groups is 2. The summed E-state index contributed by atoms with van der Waals surface area (Å²) in [5, 5.41) is 10.8. The summed E-state index contributed by atoms with van der Waals surface area (Å²) >= 11 is 1.34. The van der Waals surface area contributed by atoms with E-state index >= 15 is 0 Å². The molecule has 0 aliphatic rings. The van der Waals surface area contributed by atoms with Crippen molar-refractivity contribution in [3.63, 3.8) is 0 Å². The van der Waals surface area contributed by atoms with Crippen molar-refractivity contribution < 1.29 is 14.7 Å². The van der Waals surface area contributed by atoms with Gasteiger partial charge in [-0.3, -0.25) is 9.59 Å². The number of aliphatic carboxylic acids is 1. The lowest BCUT2D eigenvalue weighted by Gasteiger charge is -1.98. The van der Waals surface area contributed by atoms with Gasteiger partial charge in [0.15, 0.2) is 0 Å². The Labute approximate surface area is 108 Å². The van der Waals surface area contributed by atoms with E-state index in [2.05, 4.69) is 5.32 Å². The maximum absolute atomic E-state index is 11.6. The molecular formula is C13H11NO3S. The van der Waals surface area contributed by atoms with Gasteiger partial charge in [0.1, 0.15) is 6.54 Å². The van der Waals surface area contributed by atoms with Crippen molar-refractivity contribution in [2.75, 3.05) is 6.54 Å². The molecule has 2 rings (SSSR count). The molecule has 0 radical (unpaired) electrons. The lowest BCUT2D eigenvalue weighted by atomic mass is 10.2. The Balaban J connectivity index is 2.11. The molecule has 2 aromatic rings. The van der Waals surface area contributed by atoms with Crippen LogP contribution >= 0.6 is 11.3 Å². The minimum Gasteiger partial charge on any atom is -0.480 e. The minimum atomic E-state index is -1.05. The summed E-state index contributed by atoms with van der Waals surface area (Å²) in [4.78, 5) is 23.5. The van der Waals surface area contributed by atoms with Crippen LogP contribution in [-0.2, 0) is 4.79 Å². The van der Waals surface area contributed by atoms with Gasteiger partial charge in [-0.15, -0.1) is 11.3 Å². The molecule has 18 heavy (non-hydrogen) atoms. The van der Waals surface area contributed by atoms with E-state index in [1.54, 1.807) is 6.07 Å². The van der Waals surface area contributed by atoms with Crippen molar-refractivity contribution in [3.05, 3.63) is 47.3 Å². The molecule has 0 aliphatic carbocycles. The molecule has 0 fully saturated rings. The van der Waals surface area contributed by atoms with Gasteiger partial charge in [0, 0.05) is 4.88 Å². The van der Waals surface area contributed by atoms with Crippen molar-refractivity contribution in [2.45, 2.75) is 0 Å². The average molecular weight is 261 g/mol. The zero-order chi connectivity index (χ0) is 13.0. The Hall–Kier alpha value is -2.14. The molecule has 0 spiro atoms. The van der Waals surface area contributed by atoms with Crippen LogP contribution < -0.4 is 5.32 Å². The molecule has 2 N–H and O–H groups in total. The molecule has 0 unspecified atom stereocenters. The van der Waals surface area contributed by atoms with E-state index in [1.165, 1.54) is 11.3 Å². The first-order chi connectivity index (χ1) is 8.66. The fraction of sp³-hybridized carbons (Fsp3) is 0.0769. The van der Waals surface area contributed by atoms with Crippen LogP contribution in [0.5, 0.6) is 0 Å². The topological polar surface area (TPSA) is 66.4 Å². The van der Waals surface area contributed by atoms with Crippen molar-refractivity contribution in [1.82, 2.24) is 5.32 Å². The number of amides is 1. The van der Waals surface area contributed by atoms with E-state index in [0.29, 0.717) is 4.88 Å². The largest absolute Gasteiger partial charge is 0.480 e. The van der Waals surface area contributed by atoms with Crippen LogP contribution in [0.1, 0.15) is 9.67 Å². The van der Waals surface area contributed by atoms with E-state index in [0.717, 1.165) is 10.4 Å². The van der Waals surface area contributed by atoms with E-state index in [4.69, 9.17) is 5.11 Å². The van der Waals surface area contributed by atoms with Gasteiger partial charge in [0.05, 0.1) is 4.88 Å². The Morgan fingerprint density at radius 1 is 1.11 bits per heavy atom. The maximum Gasteiger partial charge on any atom is 0.322 e. The Kier molecular flexibility index (Phi) is 3.74. The second kappa shape index (κ2) is 5.46. The quantitative estimate of drug-likeness (QED) is 0.887. The zero-order valence-electron chi connectivity index (χ0n) is 9.42. The summed E-state index contributed by atoms with van der Waals surface area (Å²) in [7, 11) is 0. The number of benzene rings is 1. The smallest absolute Gasteiger partial charge is 0.322 e. The summed E-state index contributed by atoms with van der Waals surface area (Å²) in [6.07, 6.45) is 0. The third-order valence-electron chi connectivity index (χ3n) is 2.29. The number of rotatable bonds is 4. The van der Waals surface area contributed by atoms with Crippen molar-refractivity contribution in [2.24, 2.45) is 0 Å². The van der Waals surface area contributed by atoms with Crippen LogP contribution in [0.15, 0.2) is 42.5 Å². The van der Waals surface area contributed by atoms with E-state index in [9.17, 15) is 9.59 Å². The second-order valence-corrected chi connectivity index (χ2v) is 4.69. The van der Waals surface area contributed by atoms with Crippen LogP contribution in [0.3, 0.4) is 0 Å². The van der Waals surface area contributed by atoms with Crippen LogP contribution in [-0.4, -0.2) is 23.5 Å². The molecule has 0 bridgehead atoms. The first-order valence-corrected chi connectivity index (χ1v) is 6.14. The standard InChI is InChI=1S/C13H11NO3S/c15-12(16)8-14-13(17)11-7-6-10(18-11)9-4-2-1-3-5-9/h1-7H,8H2,(H,14,17)(H,15,16). The minimum absolute atomic E-state index is 0.357. The van der Waals surface area contributed by atoms with Gasteiger partial charge in [-0.25, -0.2) is 0 Å². The number of carboxylic acids is 1. The van der Waals surface area contributed by atoms with Crippen LogP contribution in [0.2, 0.25) is 0 Å². The van der Waals surface area contributed by atoms with E-state index < -0.39 is 5.97 Å². The summed E-state index contributed by atoms with van der Waals surface area (Å²) < 4.78 is 0. The zero-order valence-corrected chi connectivity index (χ0v) is 10.2. The van der Waals surface area contributed by atoms with Crippen LogP contribution in [0, 0.1) is 0 Å². The maximum atomic E-state index is 11.6. The lowest BCUT2D eigenvalue weighted by molar-refractivity contribution is -0.135. The van der Waals surface area contributed by atoms with Crippen molar-refractivity contribution in [3.8, 4) is 10.4 Å². The van der Waals surface area contributed by atoms with Gasteiger partial charge in [-0.2, -0.15) is 0 Å². The average Bonchev–Trinajstić information content (AvgIpc) is 2.86. The molecule has 0 aliphatic heterocycles. The lowest BCUT2D eigenvalue weighted by Crippen LogP contribution is -2.28. The number of hydrogen-bond donors (Lipinski definition) is 2. The summed E-state index contributed by atoms with van der Waals surface area (Å²) in [5.41, 5.74) is 1.04. The molecule has 1 amide bonds. The number of thiophene rings is 1. The Morgan fingerprint density at radius 2 is 1.83 bits per heavy atom. The Morgan fingerprint density at radius 3 is 2.50 bits per heavy atom. The predicted octanol–water partition coefficient (Wildman–Crippen LogP) is 2.23. The molecule has 1 aromatic heterocycles. The van der Waals surface area contributed by atoms with E-state index in [-0.39, 0.29) is 12.5 Å². The Bertz CT molecular complexity index is 563. The third kappa shape index (κ3) is 2.95. The van der Waals surface area contributed by atoms with Gasteiger partial charge < -0.3 is 10.4 Å². The molecule has 5 heteroatoms. The number of nitrogens with one attached hydrogen (secondary N) is 1. The molecule has 1 heterocycles. The molecule has 4 nitrogen and oxygen atoms in total. The van der Waals surface area contributed by atoms with Crippen LogP contribution in [0.4, 0.5) is 0 Å². The molecular weight excluding hydrogens is 250 g/mol. The van der Waals surface area contributed by atoms with Crippen LogP contribution in [0.25, 0.3) is 10.4 Å².